The van der Waals surface area contributed by atoms with Crippen molar-refractivity contribution in [2.24, 2.45) is 0 Å². The summed E-state index contributed by atoms with van der Waals surface area (Å²) in [7, 11) is 3.09. The summed E-state index contributed by atoms with van der Waals surface area (Å²) in [6.07, 6.45) is 0.760. The molecule has 8 heteroatoms. The molecule has 0 radical (unpaired) electrons. The van der Waals surface area contributed by atoms with Gasteiger partial charge in [-0.25, -0.2) is 0 Å². The maximum atomic E-state index is 13.4. The summed E-state index contributed by atoms with van der Waals surface area (Å²) < 4.78 is 16.8. The zero-order valence-corrected chi connectivity index (χ0v) is 21.5. The van der Waals surface area contributed by atoms with Crippen LogP contribution in [0.2, 0.25) is 0 Å². The van der Waals surface area contributed by atoms with Gasteiger partial charge in [0.25, 0.3) is 11.7 Å². The molecule has 192 valence electrons. The average molecular weight is 495 g/mol. The van der Waals surface area contributed by atoms with Crippen LogP contribution in [0.3, 0.4) is 0 Å². The molecule has 0 aliphatic carbocycles. The van der Waals surface area contributed by atoms with Crippen molar-refractivity contribution in [3.8, 4) is 17.2 Å². The van der Waals surface area contributed by atoms with Crippen molar-refractivity contribution in [1.29, 1.82) is 0 Å². The van der Waals surface area contributed by atoms with Gasteiger partial charge in [0.2, 0.25) is 0 Å². The molecule has 1 amide bonds. The number of methoxy groups -OCH3 is 2. The summed E-state index contributed by atoms with van der Waals surface area (Å²) in [5, 5.41) is 11.5. The number of aliphatic hydroxyl groups excluding tert-OH is 1. The first-order valence-electron chi connectivity index (χ1n) is 12.3. The van der Waals surface area contributed by atoms with E-state index >= 15 is 0 Å². The van der Waals surface area contributed by atoms with Crippen molar-refractivity contribution >= 4 is 17.4 Å². The molecule has 1 fully saturated rings. The fourth-order valence-corrected chi connectivity index (χ4v) is 4.99. The van der Waals surface area contributed by atoms with Crippen LogP contribution in [0.1, 0.15) is 43.5 Å². The second-order valence-corrected chi connectivity index (χ2v) is 9.08. The minimum atomic E-state index is -0.801. The molecular weight excluding hydrogens is 460 g/mol. The molecule has 0 aromatic heterocycles. The molecular formula is C28H34N2O6. The highest BCUT2D eigenvalue weighted by Gasteiger charge is 2.47. The Morgan fingerprint density at radius 1 is 1.11 bits per heavy atom. The quantitative estimate of drug-likeness (QED) is 0.322. The van der Waals surface area contributed by atoms with E-state index < -0.39 is 17.7 Å². The van der Waals surface area contributed by atoms with Gasteiger partial charge in [-0.3, -0.25) is 9.59 Å². The Balaban J connectivity index is 1.84. The van der Waals surface area contributed by atoms with Crippen molar-refractivity contribution < 1.29 is 28.9 Å². The summed E-state index contributed by atoms with van der Waals surface area (Å²) in [4.78, 5) is 30.4. The second kappa shape index (κ2) is 10.6. The highest BCUT2D eigenvalue weighted by atomic mass is 16.5. The zero-order valence-electron chi connectivity index (χ0n) is 21.5. The molecule has 8 nitrogen and oxygen atoms in total. The summed E-state index contributed by atoms with van der Waals surface area (Å²) in [5.74, 6) is 0.278. The molecule has 4 rings (SSSR count). The van der Waals surface area contributed by atoms with Crippen LogP contribution in [0.25, 0.3) is 5.76 Å². The predicted octanol–water partition coefficient (Wildman–Crippen LogP) is 3.79. The van der Waals surface area contributed by atoms with E-state index in [0.29, 0.717) is 42.1 Å². The number of hydrogen-bond acceptors (Lipinski definition) is 7. The molecule has 1 N–H and O–H groups in total. The van der Waals surface area contributed by atoms with Crippen LogP contribution in [0.5, 0.6) is 17.2 Å². The number of ether oxygens (including phenoxy) is 3. The van der Waals surface area contributed by atoms with E-state index in [-0.39, 0.29) is 17.4 Å². The van der Waals surface area contributed by atoms with E-state index in [2.05, 4.69) is 18.7 Å². The maximum Gasteiger partial charge on any atom is 0.295 e. The summed E-state index contributed by atoms with van der Waals surface area (Å²) in [6, 6.07) is 9.81. The first-order chi connectivity index (χ1) is 17.3. The Kier molecular flexibility index (Phi) is 7.54. The van der Waals surface area contributed by atoms with Gasteiger partial charge in [0.15, 0.2) is 0 Å². The molecule has 2 heterocycles. The van der Waals surface area contributed by atoms with Crippen molar-refractivity contribution in [2.75, 3.05) is 40.4 Å². The SMILES string of the molecule is CCN(CC)CCN1C(=O)C(=O)C(=C(O)c2ccc3c(c2)C[C@@H](C)O3)[C@@H]1c1ccc(OC)cc1OC. The largest absolute Gasteiger partial charge is 0.507 e. The molecule has 2 aliphatic heterocycles. The van der Waals surface area contributed by atoms with Gasteiger partial charge >= 0.3 is 0 Å². The number of nitrogens with zero attached hydrogens (tertiary/aromatic N) is 2. The lowest BCUT2D eigenvalue weighted by atomic mass is 9.93. The van der Waals surface area contributed by atoms with Crippen LogP contribution in [0.15, 0.2) is 42.0 Å². The molecule has 0 saturated carbocycles. The second-order valence-electron chi connectivity index (χ2n) is 9.08. The third kappa shape index (κ3) is 4.65. The Labute approximate surface area is 212 Å². The number of benzene rings is 2. The zero-order chi connectivity index (χ0) is 26.0. The number of amides is 1. The van der Waals surface area contributed by atoms with E-state index in [1.165, 1.54) is 12.0 Å². The van der Waals surface area contributed by atoms with E-state index in [4.69, 9.17) is 14.2 Å². The van der Waals surface area contributed by atoms with Gasteiger partial charge in [-0.15, -0.1) is 0 Å². The number of aliphatic hydroxyl groups is 1. The summed E-state index contributed by atoms with van der Waals surface area (Å²) >= 11 is 0. The third-order valence-corrected chi connectivity index (χ3v) is 7.00. The van der Waals surface area contributed by atoms with Crippen LogP contribution in [0, 0.1) is 0 Å². The standard InChI is InChI=1S/C28H34N2O6/c1-6-29(7-2)12-13-30-25(21-10-9-20(34-4)16-23(21)35-5)24(27(32)28(30)33)26(31)18-8-11-22-19(15-18)14-17(3)36-22/h8-11,15-17,25,31H,6-7,12-14H2,1-5H3/t17-,25+/m1/s1. The Morgan fingerprint density at radius 2 is 1.86 bits per heavy atom. The molecule has 2 aromatic carbocycles. The first-order valence-corrected chi connectivity index (χ1v) is 12.3. The lowest BCUT2D eigenvalue weighted by Gasteiger charge is -2.29. The highest BCUT2D eigenvalue weighted by molar-refractivity contribution is 6.46. The van der Waals surface area contributed by atoms with Crippen LogP contribution in [-0.2, 0) is 16.0 Å². The number of rotatable bonds is 9. The fraction of sp³-hybridized carbons (Fsp3) is 0.429. The van der Waals surface area contributed by atoms with Gasteiger partial charge in [0, 0.05) is 36.7 Å². The van der Waals surface area contributed by atoms with Crippen LogP contribution in [-0.4, -0.2) is 73.1 Å². The van der Waals surface area contributed by atoms with Crippen LogP contribution >= 0.6 is 0 Å². The third-order valence-electron chi connectivity index (χ3n) is 7.00. The smallest absolute Gasteiger partial charge is 0.295 e. The van der Waals surface area contributed by atoms with E-state index in [9.17, 15) is 14.7 Å². The van der Waals surface area contributed by atoms with Gasteiger partial charge < -0.3 is 29.1 Å². The fourth-order valence-electron chi connectivity index (χ4n) is 4.99. The molecule has 2 atom stereocenters. The average Bonchev–Trinajstić information content (AvgIpc) is 3.39. The predicted molar refractivity (Wildman–Crippen MR) is 137 cm³/mol. The van der Waals surface area contributed by atoms with E-state index in [0.717, 1.165) is 24.4 Å². The summed E-state index contributed by atoms with van der Waals surface area (Å²) in [6.45, 7) is 8.68. The number of fused-ring (bicyclic) bond motifs is 1. The molecule has 0 spiro atoms. The lowest BCUT2D eigenvalue weighted by Crippen LogP contribution is -2.38. The van der Waals surface area contributed by atoms with Crippen molar-refractivity contribution in [1.82, 2.24) is 9.80 Å². The Hall–Kier alpha value is -3.52. The lowest BCUT2D eigenvalue weighted by molar-refractivity contribution is -0.140. The summed E-state index contributed by atoms with van der Waals surface area (Å²) in [5.41, 5.74) is 2.10. The topological polar surface area (TPSA) is 88.5 Å². The Morgan fingerprint density at radius 3 is 2.53 bits per heavy atom. The number of likely N-dealkylation sites (N-methyl/N-ethyl adjacent to an activating group) is 1. The van der Waals surface area contributed by atoms with Gasteiger partial charge in [0.05, 0.1) is 25.8 Å². The van der Waals surface area contributed by atoms with Crippen molar-refractivity contribution in [3.63, 3.8) is 0 Å². The van der Waals surface area contributed by atoms with Crippen LogP contribution < -0.4 is 14.2 Å². The molecule has 0 unspecified atom stereocenters. The number of carbonyl (C=O) groups excluding carboxylic acids is 2. The van der Waals surface area contributed by atoms with Gasteiger partial charge in [-0.05, 0) is 55.9 Å². The Bertz CT molecular complexity index is 1190. The molecule has 36 heavy (non-hydrogen) atoms. The number of ketones is 1. The number of hydrogen-bond donors (Lipinski definition) is 1. The van der Waals surface area contributed by atoms with Gasteiger partial charge in [-0.1, -0.05) is 13.8 Å². The minimum absolute atomic E-state index is 0.0478. The normalized spacial score (nSPS) is 20.6. The molecule has 2 aliphatic rings. The minimum Gasteiger partial charge on any atom is -0.507 e. The van der Waals surface area contributed by atoms with Crippen molar-refractivity contribution in [3.05, 3.63) is 58.7 Å². The molecule has 1 saturated heterocycles. The number of likely N-dealkylation sites (tertiary alicyclic amines) is 1. The van der Waals surface area contributed by atoms with E-state index in [1.807, 2.05) is 13.0 Å². The van der Waals surface area contributed by atoms with Gasteiger partial charge in [0.1, 0.15) is 29.1 Å². The molecule has 0 bridgehead atoms. The highest BCUT2D eigenvalue weighted by Crippen LogP contribution is 2.44. The van der Waals surface area contributed by atoms with Crippen molar-refractivity contribution in [2.45, 2.75) is 39.3 Å². The maximum absolute atomic E-state index is 13.4. The van der Waals surface area contributed by atoms with E-state index in [1.54, 1.807) is 37.4 Å². The monoisotopic (exact) mass is 494 g/mol. The number of Topliss-reactive ketones (excluding diaryl/α,β-unsaturated/α-hetero) is 1. The first kappa shape index (κ1) is 25.6. The van der Waals surface area contributed by atoms with Gasteiger partial charge in [-0.2, -0.15) is 0 Å². The van der Waals surface area contributed by atoms with Crippen LogP contribution in [0.4, 0.5) is 0 Å². The molecule has 2 aromatic rings. The number of carbonyl (C=O) groups is 2.